The van der Waals surface area contributed by atoms with E-state index in [0.29, 0.717) is 14.5 Å². The zero-order chi connectivity index (χ0) is 15.9. The largest absolute Gasteiger partial charge is 0.288 e. The zero-order valence-electron chi connectivity index (χ0n) is 10.9. The molecule has 0 aliphatic rings. The molecule has 0 aliphatic heterocycles. The lowest BCUT2D eigenvalue weighted by Gasteiger charge is -2.11. The Morgan fingerprint density at radius 2 is 1.95 bits per heavy atom. The fourth-order valence-electron chi connectivity index (χ4n) is 2.18. The standard InChI is InChI=1S/C16H7Br2ClFNO/c17-12-5-8-7-21-4-3-10(8)15(18)14(12)16(22)11-6-9(20)1-2-13(11)19/h1-7H. The molecule has 0 bridgehead atoms. The van der Waals surface area contributed by atoms with E-state index in [2.05, 4.69) is 36.8 Å². The van der Waals surface area contributed by atoms with Gasteiger partial charge in [0.15, 0.2) is 5.78 Å². The van der Waals surface area contributed by atoms with Crippen LogP contribution < -0.4 is 0 Å². The second-order valence-corrected chi connectivity index (χ2v) is 6.65. The van der Waals surface area contributed by atoms with Gasteiger partial charge in [-0.05, 0) is 67.6 Å². The molecule has 0 N–H and O–H groups in total. The van der Waals surface area contributed by atoms with E-state index in [-0.39, 0.29) is 16.4 Å². The summed E-state index contributed by atoms with van der Waals surface area (Å²) >= 11 is 12.9. The lowest BCUT2D eigenvalue weighted by Crippen LogP contribution is -2.05. The molecule has 0 saturated carbocycles. The van der Waals surface area contributed by atoms with Gasteiger partial charge < -0.3 is 0 Å². The molecule has 0 aliphatic carbocycles. The third-order valence-electron chi connectivity index (χ3n) is 3.23. The van der Waals surface area contributed by atoms with Gasteiger partial charge in [-0.15, -0.1) is 0 Å². The van der Waals surface area contributed by atoms with Crippen LogP contribution in [-0.4, -0.2) is 10.8 Å². The van der Waals surface area contributed by atoms with Crippen molar-refractivity contribution in [2.75, 3.05) is 0 Å². The first-order valence-electron chi connectivity index (χ1n) is 6.20. The maximum Gasteiger partial charge on any atom is 0.196 e. The van der Waals surface area contributed by atoms with Crippen molar-refractivity contribution in [1.29, 1.82) is 0 Å². The Balaban J connectivity index is 2.25. The second kappa shape index (κ2) is 6.07. The molecular weight excluding hydrogens is 436 g/mol. The Kier molecular flexibility index (Phi) is 4.30. The van der Waals surface area contributed by atoms with Gasteiger partial charge in [-0.25, -0.2) is 4.39 Å². The van der Waals surface area contributed by atoms with E-state index in [1.807, 2.05) is 0 Å². The molecule has 0 unspecified atom stereocenters. The van der Waals surface area contributed by atoms with Gasteiger partial charge in [0.25, 0.3) is 0 Å². The summed E-state index contributed by atoms with van der Waals surface area (Å²) in [5, 5.41) is 1.93. The smallest absolute Gasteiger partial charge is 0.196 e. The van der Waals surface area contributed by atoms with Crippen LogP contribution in [0, 0.1) is 5.82 Å². The minimum atomic E-state index is -0.509. The van der Waals surface area contributed by atoms with Gasteiger partial charge in [-0.3, -0.25) is 9.78 Å². The molecule has 0 saturated heterocycles. The molecule has 0 radical (unpaired) electrons. The molecule has 22 heavy (non-hydrogen) atoms. The van der Waals surface area contributed by atoms with Crippen LogP contribution in [0.5, 0.6) is 0 Å². The summed E-state index contributed by atoms with van der Waals surface area (Å²) in [7, 11) is 0. The van der Waals surface area contributed by atoms with Crippen LogP contribution in [0.2, 0.25) is 5.02 Å². The van der Waals surface area contributed by atoms with E-state index in [1.165, 1.54) is 12.1 Å². The van der Waals surface area contributed by atoms with Gasteiger partial charge in [-0.2, -0.15) is 0 Å². The minimum Gasteiger partial charge on any atom is -0.288 e. The zero-order valence-corrected chi connectivity index (χ0v) is 14.8. The normalized spacial score (nSPS) is 10.9. The van der Waals surface area contributed by atoms with Crippen molar-refractivity contribution < 1.29 is 9.18 Å². The molecule has 3 aromatic rings. The number of carbonyl (C=O) groups is 1. The molecular formula is C16H7Br2ClFNO. The van der Waals surface area contributed by atoms with Crippen LogP contribution in [0.15, 0.2) is 51.7 Å². The van der Waals surface area contributed by atoms with Gasteiger partial charge in [0.1, 0.15) is 5.82 Å². The van der Waals surface area contributed by atoms with E-state index in [4.69, 9.17) is 11.6 Å². The number of fused-ring (bicyclic) bond motifs is 1. The SMILES string of the molecule is O=C(c1cc(F)ccc1Cl)c1c(Br)cc2cnccc2c1Br. The Hall–Kier alpha value is -1.30. The van der Waals surface area contributed by atoms with Crippen molar-refractivity contribution in [3.8, 4) is 0 Å². The number of ketones is 1. The Morgan fingerprint density at radius 3 is 2.73 bits per heavy atom. The highest BCUT2D eigenvalue weighted by Gasteiger charge is 2.21. The van der Waals surface area contributed by atoms with Gasteiger partial charge in [0.05, 0.1) is 10.6 Å². The highest BCUT2D eigenvalue weighted by Crippen LogP contribution is 2.35. The van der Waals surface area contributed by atoms with Crippen LogP contribution in [0.3, 0.4) is 0 Å². The predicted octanol–water partition coefficient (Wildman–Crippen LogP) is 5.78. The fraction of sp³-hybridized carbons (Fsp3) is 0. The number of pyridine rings is 1. The number of halogens is 4. The molecule has 0 amide bonds. The maximum atomic E-state index is 13.4. The van der Waals surface area contributed by atoms with Crippen LogP contribution >= 0.6 is 43.5 Å². The molecule has 1 aromatic heterocycles. The molecule has 0 spiro atoms. The minimum absolute atomic E-state index is 0.122. The first-order chi connectivity index (χ1) is 10.5. The monoisotopic (exact) mass is 441 g/mol. The number of nitrogens with zero attached hydrogens (tertiary/aromatic N) is 1. The average Bonchev–Trinajstić information content (AvgIpc) is 2.49. The summed E-state index contributed by atoms with van der Waals surface area (Å²) in [4.78, 5) is 16.8. The summed E-state index contributed by atoms with van der Waals surface area (Å²) in [6.07, 6.45) is 3.35. The number of hydrogen-bond donors (Lipinski definition) is 0. The first kappa shape index (κ1) is 15.6. The van der Waals surface area contributed by atoms with Crippen molar-refractivity contribution in [1.82, 2.24) is 4.98 Å². The van der Waals surface area contributed by atoms with Gasteiger partial charge >= 0.3 is 0 Å². The summed E-state index contributed by atoms with van der Waals surface area (Å²) in [6.45, 7) is 0. The van der Waals surface area contributed by atoms with E-state index >= 15 is 0 Å². The van der Waals surface area contributed by atoms with Crippen LogP contribution in [-0.2, 0) is 0 Å². The third-order valence-corrected chi connectivity index (χ3v) is 5.01. The Bertz CT molecular complexity index is 914. The van der Waals surface area contributed by atoms with Crippen molar-refractivity contribution in [2.24, 2.45) is 0 Å². The van der Waals surface area contributed by atoms with Gasteiger partial charge in [-0.1, -0.05) is 11.6 Å². The van der Waals surface area contributed by atoms with Crippen molar-refractivity contribution in [3.63, 3.8) is 0 Å². The molecule has 0 atom stereocenters. The van der Waals surface area contributed by atoms with Crippen molar-refractivity contribution in [3.05, 3.63) is 73.6 Å². The number of hydrogen-bond acceptors (Lipinski definition) is 2. The fourth-order valence-corrected chi connectivity index (χ4v) is 4.03. The Labute approximate surface area is 147 Å². The maximum absolute atomic E-state index is 13.4. The molecule has 2 nitrogen and oxygen atoms in total. The third kappa shape index (κ3) is 2.69. The van der Waals surface area contributed by atoms with Gasteiger partial charge in [0.2, 0.25) is 0 Å². The first-order valence-corrected chi connectivity index (χ1v) is 8.17. The van der Waals surface area contributed by atoms with Crippen LogP contribution in [0.25, 0.3) is 10.8 Å². The molecule has 110 valence electrons. The molecule has 0 fully saturated rings. The molecule has 2 aromatic carbocycles. The molecule has 1 heterocycles. The molecule has 3 rings (SSSR count). The van der Waals surface area contributed by atoms with Gasteiger partial charge in [0, 0.05) is 32.3 Å². The summed E-state index contributed by atoms with van der Waals surface area (Å²) in [5.74, 6) is -0.869. The second-order valence-electron chi connectivity index (χ2n) is 4.60. The highest BCUT2D eigenvalue weighted by atomic mass is 79.9. The van der Waals surface area contributed by atoms with E-state index in [9.17, 15) is 9.18 Å². The summed E-state index contributed by atoms with van der Waals surface area (Å²) in [5.41, 5.74) is 0.516. The van der Waals surface area contributed by atoms with Crippen molar-refractivity contribution >= 4 is 60.0 Å². The summed E-state index contributed by atoms with van der Waals surface area (Å²) in [6, 6.07) is 7.33. The van der Waals surface area contributed by atoms with Crippen molar-refractivity contribution in [2.45, 2.75) is 0 Å². The van der Waals surface area contributed by atoms with Crippen LogP contribution in [0.1, 0.15) is 15.9 Å². The lowest BCUT2D eigenvalue weighted by molar-refractivity contribution is 0.103. The van der Waals surface area contributed by atoms with E-state index in [0.717, 1.165) is 16.8 Å². The van der Waals surface area contributed by atoms with Crippen LogP contribution in [0.4, 0.5) is 4.39 Å². The van der Waals surface area contributed by atoms with E-state index in [1.54, 1.807) is 24.5 Å². The lowest BCUT2D eigenvalue weighted by atomic mass is 10.0. The number of carbonyl (C=O) groups excluding carboxylic acids is 1. The predicted molar refractivity (Wildman–Crippen MR) is 92.0 cm³/mol. The molecule has 6 heteroatoms. The highest BCUT2D eigenvalue weighted by molar-refractivity contribution is 9.11. The van der Waals surface area contributed by atoms with E-state index < -0.39 is 5.82 Å². The Morgan fingerprint density at radius 1 is 1.18 bits per heavy atom. The number of rotatable bonds is 2. The topological polar surface area (TPSA) is 30.0 Å². The summed E-state index contributed by atoms with van der Waals surface area (Å²) < 4.78 is 14.6. The number of aromatic nitrogens is 1. The number of benzene rings is 2. The average molecular weight is 443 g/mol. The quantitative estimate of drug-likeness (QED) is 0.470.